The van der Waals surface area contributed by atoms with Gasteiger partial charge in [0.05, 0.1) is 24.1 Å². The Morgan fingerprint density at radius 1 is 1.33 bits per heavy atom. The van der Waals surface area contributed by atoms with Crippen LogP contribution in [0.2, 0.25) is 0 Å². The van der Waals surface area contributed by atoms with E-state index in [1.807, 2.05) is 24.0 Å². The molecular formula is C11H16N2O2. The van der Waals surface area contributed by atoms with E-state index in [9.17, 15) is 10.2 Å². The average molecular weight is 208 g/mol. The Labute approximate surface area is 89.2 Å². The van der Waals surface area contributed by atoms with Crippen LogP contribution in [0.15, 0.2) is 18.3 Å². The van der Waals surface area contributed by atoms with E-state index in [1.54, 1.807) is 6.20 Å². The molecule has 4 nitrogen and oxygen atoms in total. The third kappa shape index (κ3) is 2.27. The second kappa shape index (κ2) is 4.16. The minimum Gasteiger partial charge on any atom is -0.390 e. The zero-order valence-electron chi connectivity index (χ0n) is 8.80. The summed E-state index contributed by atoms with van der Waals surface area (Å²) in [6, 6.07) is 3.94. The second-order valence-electron chi connectivity index (χ2n) is 4.03. The number of pyridine rings is 1. The Kier molecular flexibility index (Phi) is 2.88. The number of aromatic nitrogens is 1. The largest absolute Gasteiger partial charge is 0.390 e. The van der Waals surface area contributed by atoms with Gasteiger partial charge in [0.1, 0.15) is 0 Å². The van der Waals surface area contributed by atoms with Crippen LogP contribution in [0.5, 0.6) is 0 Å². The molecule has 1 aromatic heterocycles. The van der Waals surface area contributed by atoms with E-state index < -0.39 is 12.2 Å². The topological polar surface area (TPSA) is 56.6 Å². The Morgan fingerprint density at radius 2 is 2.13 bits per heavy atom. The van der Waals surface area contributed by atoms with Crippen LogP contribution in [0.1, 0.15) is 12.1 Å². The van der Waals surface area contributed by atoms with Crippen molar-refractivity contribution in [1.29, 1.82) is 0 Å². The van der Waals surface area contributed by atoms with Crippen LogP contribution >= 0.6 is 0 Å². The van der Waals surface area contributed by atoms with E-state index in [2.05, 4.69) is 4.98 Å². The number of rotatable bonds is 1. The summed E-state index contributed by atoms with van der Waals surface area (Å²) >= 11 is 0. The molecule has 2 rings (SSSR count). The molecule has 0 aromatic carbocycles. The molecule has 2 atom stereocenters. The molecule has 4 heteroatoms. The number of aliphatic hydroxyl groups excluding tert-OH is 2. The minimum absolute atomic E-state index is 0.478. The first-order chi connectivity index (χ1) is 7.16. The highest BCUT2D eigenvalue weighted by Crippen LogP contribution is 2.19. The molecule has 1 aromatic rings. The third-order valence-electron chi connectivity index (χ3n) is 2.81. The molecule has 0 spiro atoms. The van der Waals surface area contributed by atoms with E-state index in [0.717, 1.165) is 17.9 Å². The highest BCUT2D eigenvalue weighted by Gasteiger charge is 2.25. The number of hydrogen-bond acceptors (Lipinski definition) is 4. The standard InChI is InChI=1S/C11H16N2O2/c1-8-2-3-9(6-12-8)13-5-4-10(14)11(15)7-13/h2-3,6,10-11,14-15H,4-5,7H2,1H3/t10-,11-/m0/s1. The highest BCUT2D eigenvalue weighted by molar-refractivity contribution is 5.45. The van der Waals surface area contributed by atoms with Crippen molar-refractivity contribution in [1.82, 2.24) is 4.98 Å². The molecule has 0 unspecified atom stereocenters. The molecule has 1 saturated heterocycles. The Morgan fingerprint density at radius 3 is 2.73 bits per heavy atom. The fourth-order valence-electron chi connectivity index (χ4n) is 1.80. The van der Waals surface area contributed by atoms with Crippen LogP contribution in [0.4, 0.5) is 5.69 Å². The van der Waals surface area contributed by atoms with Crippen LogP contribution in [0.3, 0.4) is 0 Å². The molecule has 0 saturated carbocycles. The van der Waals surface area contributed by atoms with Gasteiger partial charge in [-0.05, 0) is 25.5 Å². The van der Waals surface area contributed by atoms with Gasteiger partial charge in [0.2, 0.25) is 0 Å². The first-order valence-corrected chi connectivity index (χ1v) is 5.20. The molecule has 2 heterocycles. The number of nitrogens with zero attached hydrogens (tertiary/aromatic N) is 2. The van der Waals surface area contributed by atoms with E-state index >= 15 is 0 Å². The smallest absolute Gasteiger partial charge is 0.0974 e. The van der Waals surface area contributed by atoms with Crippen LogP contribution in [0, 0.1) is 6.92 Å². The zero-order valence-corrected chi connectivity index (χ0v) is 8.80. The summed E-state index contributed by atoms with van der Waals surface area (Å²) in [4.78, 5) is 6.26. The SMILES string of the molecule is Cc1ccc(N2CC[C@H](O)[C@@H](O)C2)cn1. The Balaban J connectivity index is 2.08. The van der Waals surface area contributed by atoms with Gasteiger partial charge in [-0.3, -0.25) is 4.98 Å². The molecule has 1 aliphatic rings. The molecule has 0 aliphatic carbocycles. The Bertz CT molecular complexity index is 326. The van der Waals surface area contributed by atoms with Crippen LogP contribution in [0.25, 0.3) is 0 Å². The summed E-state index contributed by atoms with van der Waals surface area (Å²) in [6.07, 6.45) is 1.18. The van der Waals surface area contributed by atoms with Gasteiger partial charge in [-0.15, -0.1) is 0 Å². The molecule has 2 N–H and O–H groups in total. The molecular weight excluding hydrogens is 192 g/mol. The summed E-state index contributed by atoms with van der Waals surface area (Å²) in [5.74, 6) is 0. The van der Waals surface area contributed by atoms with Crippen molar-refractivity contribution in [3.8, 4) is 0 Å². The summed E-state index contributed by atoms with van der Waals surface area (Å²) in [7, 11) is 0. The maximum Gasteiger partial charge on any atom is 0.0974 e. The molecule has 1 aliphatic heterocycles. The van der Waals surface area contributed by atoms with Gasteiger partial charge in [-0.1, -0.05) is 0 Å². The van der Waals surface area contributed by atoms with E-state index in [1.165, 1.54) is 0 Å². The molecule has 0 bridgehead atoms. The van der Waals surface area contributed by atoms with Crippen molar-refractivity contribution >= 4 is 5.69 Å². The second-order valence-corrected chi connectivity index (χ2v) is 4.03. The lowest BCUT2D eigenvalue weighted by atomic mass is 10.0. The van der Waals surface area contributed by atoms with Crippen molar-refractivity contribution in [2.24, 2.45) is 0 Å². The summed E-state index contributed by atoms with van der Waals surface area (Å²) in [5, 5.41) is 18.9. The maximum atomic E-state index is 9.55. The van der Waals surface area contributed by atoms with Crippen molar-refractivity contribution < 1.29 is 10.2 Å². The predicted octanol–water partition coefficient (Wildman–Crippen LogP) is 0.322. The highest BCUT2D eigenvalue weighted by atomic mass is 16.3. The third-order valence-corrected chi connectivity index (χ3v) is 2.81. The zero-order chi connectivity index (χ0) is 10.8. The number of anilines is 1. The number of piperidine rings is 1. The van der Waals surface area contributed by atoms with Crippen molar-refractivity contribution in [3.63, 3.8) is 0 Å². The minimum atomic E-state index is -0.653. The molecule has 0 amide bonds. The van der Waals surface area contributed by atoms with E-state index in [-0.39, 0.29) is 0 Å². The van der Waals surface area contributed by atoms with E-state index in [4.69, 9.17) is 0 Å². The van der Waals surface area contributed by atoms with Crippen LogP contribution < -0.4 is 4.90 Å². The first-order valence-electron chi connectivity index (χ1n) is 5.20. The Hall–Kier alpha value is -1.13. The lowest BCUT2D eigenvalue weighted by Crippen LogP contribution is -2.46. The van der Waals surface area contributed by atoms with Crippen molar-refractivity contribution in [3.05, 3.63) is 24.0 Å². The fourth-order valence-corrected chi connectivity index (χ4v) is 1.80. The van der Waals surface area contributed by atoms with Crippen LogP contribution in [-0.2, 0) is 0 Å². The maximum absolute atomic E-state index is 9.55. The van der Waals surface area contributed by atoms with Gasteiger partial charge >= 0.3 is 0 Å². The van der Waals surface area contributed by atoms with E-state index in [0.29, 0.717) is 13.0 Å². The monoisotopic (exact) mass is 208 g/mol. The summed E-state index contributed by atoms with van der Waals surface area (Å²) in [5.41, 5.74) is 1.99. The lowest BCUT2D eigenvalue weighted by Gasteiger charge is -2.34. The quantitative estimate of drug-likeness (QED) is 0.698. The number of hydrogen-bond donors (Lipinski definition) is 2. The van der Waals surface area contributed by atoms with Crippen molar-refractivity contribution in [2.75, 3.05) is 18.0 Å². The molecule has 82 valence electrons. The summed E-state index contributed by atoms with van der Waals surface area (Å²) < 4.78 is 0. The van der Waals surface area contributed by atoms with Gasteiger partial charge in [-0.2, -0.15) is 0 Å². The van der Waals surface area contributed by atoms with Crippen LogP contribution in [-0.4, -0.2) is 40.5 Å². The average Bonchev–Trinajstić information content (AvgIpc) is 2.23. The van der Waals surface area contributed by atoms with Gasteiger partial charge in [0.25, 0.3) is 0 Å². The lowest BCUT2D eigenvalue weighted by molar-refractivity contribution is 0.00801. The molecule has 15 heavy (non-hydrogen) atoms. The van der Waals surface area contributed by atoms with Crippen molar-refractivity contribution in [2.45, 2.75) is 25.6 Å². The fraction of sp³-hybridized carbons (Fsp3) is 0.545. The molecule has 0 radical (unpaired) electrons. The normalized spacial score (nSPS) is 26.7. The molecule has 1 fully saturated rings. The number of aryl methyl sites for hydroxylation is 1. The summed E-state index contributed by atoms with van der Waals surface area (Å²) in [6.45, 7) is 3.19. The van der Waals surface area contributed by atoms with Gasteiger partial charge < -0.3 is 15.1 Å². The predicted molar refractivity (Wildman–Crippen MR) is 57.8 cm³/mol. The number of aliphatic hydroxyl groups is 2. The van der Waals surface area contributed by atoms with Gasteiger partial charge in [0, 0.05) is 18.8 Å². The first kappa shape index (κ1) is 10.4. The number of β-amino-alcohol motifs (C(OH)–C–C–N with tert-alkyl or cyclic N) is 1. The van der Waals surface area contributed by atoms with Gasteiger partial charge in [-0.25, -0.2) is 0 Å². The van der Waals surface area contributed by atoms with Gasteiger partial charge in [0.15, 0.2) is 0 Å².